The van der Waals surface area contributed by atoms with Gasteiger partial charge in [-0.3, -0.25) is 0 Å². The van der Waals surface area contributed by atoms with Gasteiger partial charge in [0, 0.05) is 5.02 Å². The van der Waals surface area contributed by atoms with Gasteiger partial charge in [-0.05, 0) is 12.1 Å². The van der Waals surface area contributed by atoms with Crippen LogP contribution >= 0.6 is 11.6 Å². The number of carbonyl (C=O) groups is 1. The van der Waals surface area contributed by atoms with Crippen LogP contribution < -0.4 is 0 Å². The van der Waals surface area contributed by atoms with E-state index in [1.807, 2.05) is 0 Å². The minimum Gasteiger partial charge on any atom is -0.478 e. The third-order valence-electron chi connectivity index (χ3n) is 1.74. The maximum Gasteiger partial charge on any atom is 0.417 e. The van der Waals surface area contributed by atoms with Gasteiger partial charge in [0.25, 0.3) is 0 Å². The lowest BCUT2D eigenvalue weighted by Gasteiger charge is -2.11. The van der Waals surface area contributed by atoms with Gasteiger partial charge < -0.3 is 5.11 Å². The molecule has 0 saturated heterocycles. The second-order valence-electron chi connectivity index (χ2n) is 2.79. The number of carboxylic acid groups (broad SMARTS) is 1. The number of alkyl halides is 3. The highest BCUT2D eigenvalue weighted by molar-refractivity contribution is 6.31. The number of benzene rings is 1. The first-order chi connectivity index (χ1) is 7.27. The topological polar surface area (TPSA) is 61.1 Å². The van der Waals surface area contributed by atoms with Crippen LogP contribution in [0.4, 0.5) is 13.2 Å². The van der Waals surface area contributed by atoms with E-state index in [2.05, 4.69) is 0 Å². The van der Waals surface area contributed by atoms with Crippen LogP contribution in [-0.2, 0) is 6.18 Å². The molecule has 16 heavy (non-hydrogen) atoms. The summed E-state index contributed by atoms with van der Waals surface area (Å²) in [5.74, 6) is -1.82. The molecule has 1 aromatic carbocycles. The van der Waals surface area contributed by atoms with E-state index in [1.165, 1.54) is 6.07 Å². The second-order valence-corrected chi connectivity index (χ2v) is 3.23. The first-order valence-corrected chi connectivity index (χ1v) is 4.19. The zero-order valence-electron chi connectivity index (χ0n) is 7.47. The molecular weight excluding hydrogens is 247 g/mol. The third kappa shape index (κ3) is 2.25. The molecule has 0 aliphatic rings. The predicted molar refractivity (Wildman–Crippen MR) is 48.1 cm³/mol. The zero-order valence-corrected chi connectivity index (χ0v) is 8.23. The Morgan fingerprint density at radius 2 is 2.00 bits per heavy atom. The van der Waals surface area contributed by atoms with Crippen molar-refractivity contribution in [1.82, 2.24) is 0 Å². The summed E-state index contributed by atoms with van der Waals surface area (Å²) in [5.41, 5.74) is -3.13. The summed E-state index contributed by atoms with van der Waals surface area (Å²) in [5, 5.41) is 16.8. The van der Waals surface area contributed by atoms with E-state index < -0.39 is 28.8 Å². The highest BCUT2D eigenvalue weighted by Gasteiger charge is 2.37. The zero-order chi connectivity index (χ0) is 12.5. The lowest BCUT2D eigenvalue weighted by molar-refractivity contribution is -0.138. The molecular formula is C9H3ClF3NO2. The lowest BCUT2D eigenvalue weighted by atomic mass is 10.0. The van der Waals surface area contributed by atoms with Crippen molar-refractivity contribution in [3.8, 4) is 6.07 Å². The van der Waals surface area contributed by atoms with Gasteiger partial charge in [0.15, 0.2) is 0 Å². The van der Waals surface area contributed by atoms with Crippen LogP contribution in [0.2, 0.25) is 5.02 Å². The van der Waals surface area contributed by atoms with Gasteiger partial charge in [-0.1, -0.05) is 11.6 Å². The van der Waals surface area contributed by atoms with Crippen molar-refractivity contribution in [1.29, 1.82) is 5.26 Å². The quantitative estimate of drug-likeness (QED) is 0.832. The first-order valence-electron chi connectivity index (χ1n) is 3.81. The molecule has 0 bridgehead atoms. The minimum absolute atomic E-state index is 0.339. The van der Waals surface area contributed by atoms with E-state index >= 15 is 0 Å². The van der Waals surface area contributed by atoms with E-state index in [0.29, 0.717) is 6.07 Å². The largest absolute Gasteiger partial charge is 0.478 e. The molecule has 0 aliphatic heterocycles. The van der Waals surface area contributed by atoms with Crippen molar-refractivity contribution in [3.63, 3.8) is 0 Å². The first kappa shape index (κ1) is 12.3. The summed E-state index contributed by atoms with van der Waals surface area (Å²) in [6, 6.07) is 2.72. The molecule has 0 aromatic heterocycles. The molecule has 84 valence electrons. The van der Waals surface area contributed by atoms with E-state index in [-0.39, 0.29) is 5.02 Å². The van der Waals surface area contributed by atoms with E-state index in [4.69, 9.17) is 22.0 Å². The fourth-order valence-electron chi connectivity index (χ4n) is 1.15. The number of hydrogen-bond acceptors (Lipinski definition) is 2. The molecule has 1 N–H and O–H groups in total. The molecule has 3 nitrogen and oxygen atoms in total. The predicted octanol–water partition coefficient (Wildman–Crippen LogP) is 2.93. The van der Waals surface area contributed by atoms with E-state index in [1.54, 1.807) is 0 Å². The minimum atomic E-state index is -4.87. The molecule has 0 aliphatic carbocycles. The Labute approximate surface area is 92.7 Å². The average molecular weight is 250 g/mol. The van der Waals surface area contributed by atoms with Crippen LogP contribution in [0.3, 0.4) is 0 Å². The molecule has 0 atom stereocenters. The van der Waals surface area contributed by atoms with Crippen LogP contribution in [0.15, 0.2) is 12.1 Å². The van der Waals surface area contributed by atoms with Crippen LogP contribution in [0.25, 0.3) is 0 Å². The van der Waals surface area contributed by atoms with Gasteiger partial charge in [-0.15, -0.1) is 0 Å². The maximum atomic E-state index is 12.5. The SMILES string of the molecule is N#Cc1cc(Cl)cc(C(F)(F)F)c1C(=O)O. The standard InChI is InChI=1S/C9H3ClF3NO2/c10-5-1-4(3-14)7(8(15)16)6(2-5)9(11,12)13/h1-2H,(H,15,16). The van der Waals surface area contributed by atoms with E-state index in [0.717, 1.165) is 6.07 Å². The lowest BCUT2D eigenvalue weighted by Crippen LogP contribution is -2.14. The highest BCUT2D eigenvalue weighted by Crippen LogP contribution is 2.35. The van der Waals surface area contributed by atoms with Gasteiger partial charge >= 0.3 is 12.1 Å². The molecule has 0 fully saturated rings. The van der Waals surface area contributed by atoms with Gasteiger partial charge in [0.2, 0.25) is 0 Å². The Morgan fingerprint density at radius 1 is 1.44 bits per heavy atom. The number of carboxylic acids is 1. The fraction of sp³-hybridized carbons (Fsp3) is 0.111. The molecule has 0 unspecified atom stereocenters. The van der Waals surface area contributed by atoms with Gasteiger partial charge in [0.05, 0.1) is 16.7 Å². The molecule has 0 heterocycles. The summed E-state index contributed by atoms with van der Waals surface area (Å²) in [4.78, 5) is 10.7. The van der Waals surface area contributed by atoms with Crippen molar-refractivity contribution in [3.05, 3.63) is 33.8 Å². The molecule has 0 spiro atoms. The molecule has 7 heteroatoms. The van der Waals surface area contributed by atoms with Crippen molar-refractivity contribution >= 4 is 17.6 Å². The van der Waals surface area contributed by atoms with Crippen molar-refractivity contribution in [2.24, 2.45) is 0 Å². The van der Waals surface area contributed by atoms with Crippen LogP contribution in [-0.4, -0.2) is 11.1 Å². The monoisotopic (exact) mass is 249 g/mol. The number of rotatable bonds is 1. The second kappa shape index (κ2) is 4.02. The molecule has 0 radical (unpaired) electrons. The molecule has 0 amide bonds. The summed E-state index contributed by atoms with van der Waals surface area (Å²) in [7, 11) is 0. The van der Waals surface area contributed by atoms with Gasteiger partial charge in [-0.2, -0.15) is 18.4 Å². The Balaban J connectivity index is 3.66. The summed E-state index contributed by atoms with van der Waals surface area (Å²) >= 11 is 5.37. The Kier molecular flexibility index (Phi) is 3.10. The van der Waals surface area contributed by atoms with Crippen LogP contribution in [0.5, 0.6) is 0 Å². The number of hydrogen-bond donors (Lipinski definition) is 1. The summed E-state index contributed by atoms with van der Waals surface area (Å²) < 4.78 is 37.4. The van der Waals surface area contributed by atoms with E-state index in [9.17, 15) is 18.0 Å². The number of nitriles is 1. The number of halogens is 4. The summed E-state index contributed by atoms with van der Waals surface area (Å²) in [6.07, 6.45) is -4.87. The van der Waals surface area contributed by atoms with Gasteiger partial charge in [0.1, 0.15) is 6.07 Å². The normalized spacial score (nSPS) is 10.9. The summed E-state index contributed by atoms with van der Waals surface area (Å²) in [6.45, 7) is 0. The number of aromatic carboxylic acids is 1. The fourth-order valence-corrected chi connectivity index (χ4v) is 1.37. The highest BCUT2D eigenvalue weighted by atomic mass is 35.5. The molecule has 0 saturated carbocycles. The Hall–Kier alpha value is -1.74. The van der Waals surface area contributed by atoms with Crippen molar-refractivity contribution in [2.45, 2.75) is 6.18 Å². The van der Waals surface area contributed by atoms with Gasteiger partial charge in [-0.25, -0.2) is 4.79 Å². The Morgan fingerprint density at radius 3 is 2.38 bits per heavy atom. The Bertz CT molecular complexity index is 491. The van der Waals surface area contributed by atoms with Crippen LogP contribution in [0.1, 0.15) is 21.5 Å². The average Bonchev–Trinajstić information content (AvgIpc) is 2.14. The molecule has 1 rings (SSSR count). The maximum absolute atomic E-state index is 12.5. The van der Waals surface area contributed by atoms with Crippen LogP contribution in [0, 0.1) is 11.3 Å². The third-order valence-corrected chi connectivity index (χ3v) is 1.96. The van der Waals surface area contributed by atoms with Crippen molar-refractivity contribution < 1.29 is 23.1 Å². The molecule has 1 aromatic rings. The number of nitrogens with zero attached hydrogens (tertiary/aromatic N) is 1. The van der Waals surface area contributed by atoms with Crippen molar-refractivity contribution in [2.75, 3.05) is 0 Å². The smallest absolute Gasteiger partial charge is 0.417 e.